The number of carbonyl (C=O) groups excluding carboxylic acids is 2. The van der Waals surface area contributed by atoms with E-state index in [0.717, 1.165) is 32.1 Å². The highest BCUT2D eigenvalue weighted by atomic mass is 16.5. The van der Waals surface area contributed by atoms with Gasteiger partial charge in [-0.1, -0.05) is 90.9 Å². The molecular weight excluding hydrogens is 400 g/mol. The second kappa shape index (κ2) is 17.0. The first-order chi connectivity index (χ1) is 15.3. The summed E-state index contributed by atoms with van der Waals surface area (Å²) in [6, 6.07) is 0. The summed E-state index contributed by atoms with van der Waals surface area (Å²) >= 11 is 0. The van der Waals surface area contributed by atoms with Crippen LogP contribution in [0.4, 0.5) is 0 Å². The number of rotatable bonds is 14. The Morgan fingerprint density at radius 1 is 0.812 bits per heavy atom. The van der Waals surface area contributed by atoms with Gasteiger partial charge in [-0.25, -0.2) is 0 Å². The van der Waals surface area contributed by atoms with E-state index in [1.54, 1.807) is 0 Å². The molecule has 0 amide bonds. The normalized spacial score (nSPS) is 18.5. The smallest absolute Gasteiger partial charge is 0.306 e. The number of unbranched alkanes of at least 4 members (excludes halogenated alkanes) is 8. The molecule has 0 heterocycles. The lowest BCUT2D eigenvalue weighted by Crippen LogP contribution is -2.38. The van der Waals surface area contributed by atoms with Crippen LogP contribution >= 0.6 is 0 Å². The van der Waals surface area contributed by atoms with Crippen molar-refractivity contribution in [1.29, 1.82) is 0 Å². The Balaban J connectivity index is 2.05. The fraction of sp³-hybridized carbons (Fsp3) is 0.857. The van der Waals surface area contributed by atoms with Crippen LogP contribution in [0.1, 0.15) is 130 Å². The van der Waals surface area contributed by atoms with Crippen LogP contribution in [0.5, 0.6) is 0 Å². The highest BCUT2D eigenvalue weighted by molar-refractivity contribution is 5.72. The van der Waals surface area contributed by atoms with E-state index < -0.39 is 0 Å². The minimum atomic E-state index is -0.288. The van der Waals surface area contributed by atoms with Crippen LogP contribution in [0.3, 0.4) is 0 Å². The van der Waals surface area contributed by atoms with Gasteiger partial charge in [-0.15, -0.1) is 0 Å². The Hall–Kier alpha value is -1.50. The predicted octanol–water partition coefficient (Wildman–Crippen LogP) is 7.38. The van der Waals surface area contributed by atoms with Crippen molar-refractivity contribution in [3.63, 3.8) is 0 Å². The molecule has 1 fully saturated rings. The molecule has 1 saturated carbocycles. The summed E-state index contributed by atoms with van der Waals surface area (Å²) in [4.78, 5) is 24.1. The van der Waals surface area contributed by atoms with Crippen LogP contribution in [-0.2, 0) is 19.1 Å². The van der Waals surface area contributed by atoms with E-state index in [2.05, 4.69) is 39.5 Å². The van der Waals surface area contributed by atoms with E-state index >= 15 is 0 Å². The fourth-order valence-electron chi connectivity index (χ4n) is 4.51. The van der Waals surface area contributed by atoms with Crippen molar-refractivity contribution >= 4 is 11.9 Å². The summed E-state index contributed by atoms with van der Waals surface area (Å²) in [5.41, 5.74) is 0.143. The molecule has 0 aromatic carbocycles. The lowest BCUT2D eigenvalue weighted by molar-refractivity contribution is -0.156. The largest absolute Gasteiger partial charge is 0.462 e. The third kappa shape index (κ3) is 13.8. The molecule has 0 bridgehead atoms. The minimum Gasteiger partial charge on any atom is -0.462 e. The summed E-state index contributed by atoms with van der Waals surface area (Å²) in [5.74, 6) is 5.94. The molecule has 2 atom stereocenters. The quantitative estimate of drug-likeness (QED) is 0.158. The fourth-order valence-corrected chi connectivity index (χ4v) is 4.51. The number of carbonyl (C=O) groups is 2. The molecule has 0 N–H and O–H groups in total. The van der Waals surface area contributed by atoms with Crippen LogP contribution in [0.2, 0.25) is 0 Å². The van der Waals surface area contributed by atoms with Gasteiger partial charge in [0.1, 0.15) is 6.10 Å². The molecule has 2 unspecified atom stereocenters. The predicted molar refractivity (Wildman–Crippen MR) is 131 cm³/mol. The lowest BCUT2D eigenvalue weighted by atomic mass is 9.70. The molecule has 32 heavy (non-hydrogen) atoms. The third-order valence-corrected chi connectivity index (χ3v) is 6.45. The zero-order chi connectivity index (χ0) is 23.7. The maximum atomic E-state index is 12.2. The monoisotopic (exact) mass is 448 g/mol. The van der Waals surface area contributed by atoms with E-state index in [-0.39, 0.29) is 42.9 Å². The molecule has 4 nitrogen and oxygen atoms in total. The number of ether oxygens (including phenoxy) is 2. The van der Waals surface area contributed by atoms with Crippen molar-refractivity contribution < 1.29 is 19.1 Å². The van der Waals surface area contributed by atoms with Crippen molar-refractivity contribution in [2.75, 3.05) is 6.61 Å². The van der Waals surface area contributed by atoms with E-state index in [1.807, 2.05) is 0 Å². The van der Waals surface area contributed by atoms with Crippen molar-refractivity contribution in [2.24, 2.45) is 11.3 Å². The number of hydrogen-bond acceptors (Lipinski definition) is 4. The van der Waals surface area contributed by atoms with Crippen LogP contribution in [-0.4, -0.2) is 24.6 Å². The molecule has 1 aliphatic carbocycles. The highest BCUT2D eigenvalue weighted by Gasteiger charge is 2.36. The van der Waals surface area contributed by atoms with Gasteiger partial charge in [-0.05, 0) is 37.5 Å². The van der Waals surface area contributed by atoms with Crippen LogP contribution in [0.15, 0.2) is 0 Å². The average Bonchev–Trinajstić information content (AvgIpc) is 2.74. The zero-order valence-corrected chi connectivity index (χ0v) is 21.3. The van der Waals surface area contributed by atoms with Gasteiger partial charge in [0.05, 0.1) is 0 Å². The van der Waals surface area contributed by atoms with Gasteiger partial charge in [-0.3, -0.25) is 9.59 Å². The van der Waals surface area contributed by atoms with Gasteiger partial charge < -0.3 is 9.47 Å². The van der Waals surface area contributed by atoms with Gasteiger partial charge in [0.25, 0.3) is 0 Å². The van der Waals surface area contributed by atoms with E-state index in [1.165, 1.54) is 51.4 Å². The van der Waals surface area contributed by atoms with E-state index in [4.69, 9.17) is 9.47 Å². The van der Waals surface area contributed by atoms with Gasteiger partial charge in [-0.2, -0.15) is 0 Å². The van der Waals surface area contributed by atoms with Crippen molar-refractivity contribution in [1.82, 2.24) is 0 Å². The lowest BCUT2D eigenvalue weighted by Gasteiger charge is -2.39. The Morgan fingerprint density at radius 3 is 2.12 bits per heavy atom. The molecule has 0 spiro atoms. The maximum absolute atomic E-state index is 12.2. The molecule has 0 aromatic heterocycles. The first kappa shape index (κ1) is 28.5. The Morgan fingerprint density at radius 2 is 1.44 bits per heavy atom. The van der Waals surface area contributed by atoms with Gasteiger partial charge >= 0.3 is 11.9 Å². The molecule has 1 rings (SSSR count). The van der Waals surface area contributed by atoms with Crippen LogP contribution < -0.4 is 0 Å². The minimum absolute atomic E-state index is 0.0135. The molecule has 1 aliphatic rings. The van der Waals surface area contributed by atoms with E-state index in [0.29, 0.717) is 12.3 Å². The Kier molecular flexibility index (Phi) is 15.2. The average molecular weight is 449 g/mol. The molecule has 184 valence electrons. The molecule has 0 radical (unpaired) electrons. The maximum Gasteiger partial charge on any atom is 0.306 e. The molecule has 4 heteroatoms. The van der Waals surface area contributed by atoms with Crippen molar-refractivity contribution in [3.05, 3.63) is 0 Å². The molecular formula is C28H48O4. The van der Waals surface area contributed by atoms with E-state index in [9.17, 15) is 9.59 Å². The molecule has 0 aromatic rings. The Bertz CT molecular complexity index is 578. The first-order valence-corrected chi connectivity index (χ1v) is 13.2. The molecule has 0 aliphatic heterocycles. The summed E-state index contributed by atoms with van der Waals surface area (Å²) in [7, 11) is 0. The highest BCUT2D eigenvalue weighted by Crippen LogP contribution is 2.39. The summed E-state index contributed by atoms with van der Waals surface area (Å²) in [6.07, 6.45) is 16.6. The van der Waals surface area contributed by atoms with Crippen LogP contribution in [0, 0.1) is 23.2 Å². The van der Waals surface area contributed by atoms with Crippen molar-refractivity contribution in [2.45, 2.75) is 137 Å². The standard InChI is InChI=1S/C28H48O4/c1-5-6-7-8-9-10-11-12-13-14-17-23-31-26(29)21-18-22-27(30)32-25-20-16-15-19-24(25)28(2,3)4/h24-25H,5-13,15-16,18-23H2,1-4H3. The summed E-state index contributed by atoms with van der Waals surface area (Å²) < 4.78 is 10.9. The second-order valence-corrected chi connectivity index (χ2v) is 10.4. The number of hydrogen-bond donors (Lipinski definition) is 0. The summed E-state index contributed by atoms with van der Waals surface area (Å²) in [5, 5.41) is 0. The Labute approximate surface area is 197 Å². The molecule has 0 saturated heterocycles. The first-order valence-electron chi connectivity index (χ1n) is 13.2. The van der Waals surface area contributed by atoms with Gasteiger partial charge in [0, 0.05) is 25.2 Å². The third-order valence-electron chi connectivity index (χ3n) is 6.45. The summed E-state index contributed by atoms with van der Waals surface area (Å²) in [6.45, 7) is 9.05. The van der Waals surface area contributed by atoms with Gasteiger partial charge in [0.2, 0.25) is 0 Å². The topological polar surface area (TPSA) is 52.6 Å². The van der Waals surface area contributed by atoms with Crippen molar-refractivity contribution in [3.8, 4) is 11.8 Å². The number of esters is 2. The second-order valence-electron chi connectivity index (χ2n) is 10.4. The zero-order valence-electron chi connectivity index (χ0n) is 21.3. The van der Waals surface area contributed by atoms with Gasteiger partial charge in [0.15, 0.2) is 6.61 Å². The SMILES string of the molecule is CCCCCCCCCCC#CCOC(=O)CCCC(=O)OC1CCCCC1C(C)(C)C. The van der Waals surface area contributed by atoms with Crippen LogP contribution in [0.25, 0.3) is 0 Å².